The third kappa shape index (κ3) is 1.43. The van der Waals surface area contributed by atoms with Crippen LogP contribution >= 0.6 is 0 Å². The third-order valence-corrected chi connectivity index (χ3v) is 2.92. The van der Waals surface area contributed by atoms with Crippen LogP contribution in [0.5, 0.6) is 11.5 Å². The Bertz CT molecular complexity index is 708. The number of benzene rings is 1. The van der Waals surface area contributed by atoms with Crippen molar-refractivity contribution in [3.63, 3.8) is 0 Å². The third-order valence-electron chi connectivity index (χ3n) is 2.92. The summed E-state index contributed by atoms with van der Waals surface area (Å²) >= 11 is 0. The zero-order chi connectivity index (χ0) is 13.7. The highest BCUT2D eigenvalue weighted by Gasteiger charge is 2.38. The molecule has 0 atom stereocenters. The molecule has 19 heavy (non-hydrogen) atoms. The topological polar surface area (TPSA) is 75.0 Å². The maximum absolute atomic E-state index is 11.6. The molecule has 0 amide bonds. The predicted octanol–water partition coefficient (Wildman–Crippen LogP) is 2.03. The van der Waals surface area contributed by atoms with E-state index >= 15 is 0 Å². The number of cyclic esters (lactones) is 1. The van der Waals surface area contributed by atoms with E-state index in [1.807, 2.05) is 0 Å². The average Bonchev–Trinajstić information content (AvgIpc) is 3.00. The van der Waals surface area contributed by atoms with Gasteiger partial charge in [-0.25, -0.2) is 9.59 Å². The van der Waals surface area contributed by atoms with Gasteiger partial charge in [-0.3, -0.25) is 0 Å². The van der Waals surface area contributed by atoms with Crippen LogP contribution in [0.1, 0.15) is 22.8 Å². The van der Waals surface area contributed by atoms with E-state index in [-0.39, 0.29) is 23.5 Å². The van der Waals surface area contributed by atoms with Crippen LogP contribution in [0.25, 0.3) is 11.2 Å². The van der Waals surface area contributed by atoms with Crippen LogP contribution < -0.4 is 9.47 Å². The molecule has 2 aromatic heterocycles. The Morgan fingerprint density at radius 3 is 2.68 bits per heavy atom. The highest BCUT2D eigenvalue weighted by Crippen LogP contribution is 2.49. The number of rotatable bonds is 3. The molecule has 0 saturated heterocycles. The summed E-state index contributed by atoms with van der Waals surface area (Å²) in [5.74, 6) is -0.703. The number of carbonyl (C=O) groups excluding carboxylic acids is 2. The molecule has 0 spiro atoms. The van der Waals surface area contributed by atoms with Gasteiger partial charge in [-0.15, -0.1) is 0 Å². The van der Waals surface area contributed by atoms with Crippen molar-refractivity contribution in [1.29, 1.82) is 0 Å². The largest absolute Gasteiger partial charge is 0.490 e. The first-order valence-electron chi connectivity index (χ1n) is 5.54. The maximum Gasteiger partial charge on any atom is 0.343 e. The highest BCUT2D eigenvalue weighted by molar-refractivity contribution is 6.08. The quantitative estimate of drug-likeness (QED) is 0.478. The fourth-order valence-corrected chi connectivity index (χ4v) is 2.04. The second-order valence-corrected chi connectivity index (χ2v) is 4.22. The number of carbonyl (C=O) groups is 2. The van der Waals surface area contributed by atoms with Gasteiger partial charge in [0.05, 0.1) is 12.7 Å². The smallest absolute Gasteiger partial charge is 0.343 e. The minimum Gasteiger partial charge on any atom is -0.490 e. The molecule has 0 radical (unpaired) electrons. The molecule has 1 aliphatic rings. The average molecular weight is 262 g/mol. The van der Waals surface area contributed by atoms with E-state index in [0.717, 1.165) is 0 Å². The second-order valence-electron chi connectivity index (χ2n) is 4.22. The van der Waals surface area contributed by atoms with Crippen molar-refractivity contribution in [3.05, 3.63) is 23.3 Å². The van der Waals surface area contributed by atoms with Crippen molar-refractivity contribution >= 4 is 23.1 Å². The summed E-state index contributed by atoms with van der Waals surface area (Å²) in [6.45, 7) is 5.16. The van der Waals surface area contributed by atoms with Crippen molar-refractivity contribution in [2.75, 3.05) is 7.11 Å². The Morgan fingerprint density at radius 2 is 2.05 bits per heavy atom. The molecule has 0 fully saturated rings. The monoisotopic (exact) mass is 262 g/mol. The van der Waals surface area contributed by atoms with E-state index in [1.54, 1.807) is 0 Å². The molecule has 3 rings (SSSR count). The van der Waals surface area contributed by atoms with Crippen molar-refractivity contribution < 1.29 is 28.2 Å². The van der Waals surface area contributed by atoms with E-state index in [1.165, 1.54) is 14.0 Å². The van der Waals surface area contributed by atoms with Crippen molar-refractivity contribution in [2.45, 2.75) is 13.5 Å². The number of methoxy groups -OCH3 is 1. The summed E-state index contributed by atoms with van der Waals surface area (Å²) in [6.07, 6.45) is 0. The number of hydrogen-bond donors (Lipinski definition) is 0. The second kappa shape index (κ2) is 3.74. The first-order chi connectivity index (χ1) is 9.04. The zero-order valence-corrected chi connectivity index (χ0v) is 10.4. The lowest BCUT2D eigenvalue weighted by Gasteiger charge is -2.06. The van der Waals surface area contributed by atoms with Gasteiger partial charge in [0.1, 0.15) is 12.2 Å². The first kappa shape index (κ1) is 11.6. The summed E-state index contributed by atoms with van der Waals surface area (Å²) in [5.41, 5.74) is 1.73. The SMILES string of the molecule is C=C(C)C(=O)Oc1c(OC)c2oc1c1c2COC1=O. The van der Waals surface area contributed by atoms with Crippen molar-refractivity contribution in [2.24, 2.45) is 0 Å². The van der Waals surface area contributed by atoms with Gasteiger partial charge in [0.15, 0.2) is 11.2 Å². The summed E-state index contributed by atoms with van der Waals surface area (Å²) < 4.78 is 20.7. The van der Waals surface area contributed by atoms with Gasteiger partial charge in [-0.1, -0.05) is 6.58 Å². The highest BCUT2D eigenvalue weighted by atomic mass is 16.6. The lowest BCUT2D eigenvalue weighted by molar-refractivity contribution is -0.130. The summed E-state index contributed by atoms with van der Waals surface area (Å²) in [6, 6.07) is 0. The van der Waals surface area contributed by atoms with E-state index in [9.17, 15) is 9.59 Å². The molecule has 0 unspecified atom stereocenters. The summed E-state index contributed by atoms with van der Waals surface area (Å²) in [5, 5.41) is 0. The summed E-state index contributed by atoms with van der Waals surface area (Å²) in [7, 11) is 1.43. The molecule has 6 nitrogen and oxygen atoms in total. The van der Waals surface area contributed by atoms with Crippen molar-refractivity contribution in [3.8, 4) is 11.5 Å². The maximum atomic E-state index is 11.6. The molecule has 6 heteroatoms. The van der Waals surface area contributed by atoms with Crippen LogP contribution in [0.15, 0.2) is 16.6 Å². The molecule has 98 valence electrons. The van der Waals surface area contributed by atoms with Gasteiger partial charge in [-0.05, 0) is 6.92 Å². The number of ether oxygens (including phenoxy) is 3. The fourth-order valence-electron chi connectivity index (χ4n) is 2.04. The van der Waals surface area contributed by atoms with Gasteiger partial charge in [0.2, 0.25) is 11.5 Å². The molecule has 0 saturated carbocycles. The van der Waals surface area contributed by atoms with E-state index < -0.39 is 11.9 Å². The van der Waals surface area contributed by atoms with Crippen LogP contribution in [-0.2, 0) is 16.1 Å². The fraction of sp³-hybridized carbons (Fsp3) is 0.231. The number of esters is 2. The van der Waals surface area contributed by atoms with Gasteiger partial charge in [0.25, 0.3) is 0 Å². The van der Waals surface area contributed by atoms with E-state index in [4.69, 9.17) is 18.6 Å². The zero-order valence-electron chi connectivity index (χ0n) is 10.4. The molecule has 3 heterocycles. The van der Waals surface area contributed by atoms with E-state index in [2.05, 4.69) is 6.58 Å². The Hall–Kier alpha value is -2.50. The molecule has 2 bridgehead atoms. The van der Waals surface area contributed by atoms with Gasteiger partial charge >= 0.3 is 11.9 Å². The normalized spacial score (nSPS) is 13.5. The molecule has 0 aromatic carbocycles. The van der Waals surface area contributed by atoms with Gasteiger partial charge < -0.3 is 18.6 Å². The minimum absolute atomic E-state index is 0.100. The van der Waals surface area contributed by atoms with Crippen molar-refractivity contribution in [1.82, 2.24) is 0 Å². The summed E-state index contributed by atoms with van der Waals surface area (Å²) in [4.78, 5) is 23.2. The van der Waals surface area contributed by atoms with Crippen LogP contribution in [0.2, 0.25) is 0 Å². The Kier molecular flexibility index (Phi) is 2.28. The molecular formula is C13H10O6. The number of hydrogen-bond acceptors (Lipinski definition) is 6. The van der Waals surface area contributed by atoms with Crippen LogP contribution in [0.4, 0.5) is 0 Å². The molecule has 0 N–H and O–H groups in total. The molecule has 2 aromatic rings. The van der Waals surface area contributed by atoms with Crippen LogP contribution in [0, 0.1) is 0 Å². The Morgan fingerprint density at radius 1 is 1.32 bits per heavy atom. The molecule has 0 aliphatic carbocycles. The lowest BCUT2D eigenvalue weighted by atomic mass is 10.1. The molecule has 1 aliphatic heterocycles. The van der Waals surface area contributed by atoms with Crippen LogP contribution in [-0.4, -0.2) is 19.0 Å². The van der Waals surface area contributed by atoms with E-state index in [0.29, 0.717) is 22.5 Å². The first-order valence-corrected chi connectivity index (χ1v) is 5.54. The predicted molar refractivity (Wildman–Crippen MR) is 63.5 cm³/mol. The van der Waals surface area contributed by atoms with Crippen LogP contribution in [0.3, 0.4) is 0 Å². The lowest BCUT2D eigenvalue weighted by Crippen LogP contribution is -2.09. The number of furan rings is 2. The Labute approximate surface area is 107 Å². The Balaban J connectivity index is 2.15. The van der Waals surface area contributed by atoms with Gasteiger partial charge in [-0.2, -0.15) is 0 Å². The minimum atomic E-state index is -0.609. The van der Waals surface area contributed by atoms with Gasteiger partial charge in [0, 0.05) is 5.57 Å². The number of fused-ring (bicyclic) bond motifs is 5. The standard InChI is InChI=1S/C13H10O6/c1-5(2)12(14)19-11-9-7-6(4-17-13(7)15)8(18-9)10(11)16-3/h1,4H2,2-3H3. The molecular weight excluding hydrogens is 252 g/mol.